The molecule has 1 rings (SSSR count). The van der Waals surface area contributed by atoms with Crippen LogP contribution in [0.4, 0.5) is 0 Å². The zero-order valence-electron chi connectivity index (χ0n) is 9.15. The van der Waals surface area contributed by atoms with Gasteiger partial charge in [0.05, 0.1) is 0 Å². The van der Waals surface area contributed by atoms with Crippen molar-refractivity contribution in [3.05, 3.63) is 65.0 Å². The summed E-state index contributed by atoms with van der Waals surface area (Å²) in [5.74, 6) is 0. The summed E-state index contributed by atoms with van der Waals surface area (Å²) in [6.45, 7) is 9.31. The molecule has 0 amide bonds. The zero-order chi connectivity index (χ0) is 12.1. The molecular formula is C14H18BrNO. The van der Waals surface area contributed by atoms with E-state index in [4.69, 9.17) is 0 Å². The zero-order valence-corrected chi connectivity index (χ0v) is 10.7. The third kappa shape index (κ3) is 4.29. The van der Waals surface area contributed by atoms with Crippen LogP contribution >= 0.6 is 15.9 Å². The van der Waals surface area contributed by atoms with Crippen LogP contribution in [0, 0.1) is 0 Å². The largest absolute Gasteiger partial charge is 0.384 e. The number of allylic oxidation sites excluding steroid dienone is 2. The molecule has 1 aromatic rings. The Kier molecular flexibility index (Phi) is 6.69. The Bertz CT molecular complexity index is 420. The van der Waals surface area contributed by atoms with Crippen LogP contribution < -0.4 is 0 Å². The number of rotatable bonds is 4. The van der Waals surface area contributed by atoms with Crippen molar-refractivity contribution < 1.29 is 5.11 Å². The molecule has 0 aliphatic heterocycles. The maximum absolute atomic E-state index is 10.1. The molecule has 0 aliphatic rings. The van der Waals surface area contributed by atoms with E-state index in [9.17, 15) is 5.11 Å². The second-order valence-electron chi connectivity index (χ2n) is 3.45. The molecule has 0 bridgehead atoms. The first-order valence-electron chi connectivity index (χ1n) is 4.84. The Balaban J connectivity index is 0.00000256. The Hall–Kier alpha value is -1.19. The summed E-state index contributed by atoms with van der Waals surface area (Å²) in [6, 6.07) is 3.62. The molecule has 92 valence electrons. The normalized spacial score (nSPS) is 12.5. The van der Waals surface area contributed by atoms with Crippen molar-refractivity contribution in [2.24, 2.45) is 0 Å². The first-order chi connectivity index (χ1) is 7.56. The summed E-state index contributed by atoms with van der Waals surface area (Å²) in [5, 5.41) is 10.1. The maximum atomic E-state index is 10.1. The van der Waals surface area contributed by atoms with Gasteiger partial charge in [0.1, 0.15) is 10.7 Å². The summed E-state index contributed by atoms with van der Waals surface area (Å²) in [5.41, 5.74) is 2.30. The lowest BCUT2D eigenvalue weighted by Gasteiger charge is -2.14. The molecule has 1 atom stereocenters. The lowest BCUT2D eigenvalue weighted by atomic mass is 9.98. The van der Waals surface area contributed by atoms with E-state index in [-0.39, 0.29) is 7.43 Å². The molecule has 1 unspecified atom stereocenters. The van der Waals surface area contributed by atoms with Crippen LogP contribution in [-0.4, -0.2) is 10.1 Å². The van der Waals surface area contributed by atoms with Gasteiger partial charge < -0.3 is 5.11 Å². The number of pyridine rings is 1. The third-order valence-corrected chi connectivity index (χ3v) is 2.62. The van der Waals surface area contributed by atoms with E-state index in [1.807, 2.05) is 13.0 Å². The first kappa shape index (κ1) is 15.8. The predicted octanol–water partition coefficient (Wildman–Crippen LogP) is 4.20. The molecule has 0 saturated carbocycles. The van der Waals surface area contributed by atoms with Gasteiger partial charge in [-0.1, -0.05) is 44.4 Å². The van der Waals surface area contributed by atoms with Crippen molar-refractivity contribution in [3.8, 4) is 0 Å². The van der Waals surface area contributed by atoms with Gasteiger partial charge in [-0.05, 0) is 34.5 Å². The fraction of sp³-hybridized carbons (Fsp3) is 0.214. The summed E-state index contributed by atoms with van der Waals surface area (Å²) in [4.78, 5) is 4.08. The lowest BCUT2D eigenvalue weighted by Crippen LogP contribution is -2.03. The predicted molar refractivity (Wildman–Crippen MR) is 76.7 cm³/mol. The molecule has 17 heavy (non-hydrogen) atoms. The van der Waals surface area contributed by atoms with Gasteiger partial charge >= 0.3 is 0 Å². The highest BCUT2D eigenvalue weighted by atomic mass is 79.9. The number of hydrogen-bond acceptors (Lipinski definition) is 2. The molecule has 0 aromatic carbocycles. The fourth-order valence-electron chi connectivity index (χ4n) is 1.32. The number of nitrogens with zero attached hydrogens (tertiary/aromatic N) is 1. The number of aliphatic hydroxyl groups is 1. The van der Waals surface area contributed by atoms with E-state index >= 15 is 0 Å². The Morgan fingerprint density at radius 3 is 2.59 bits per heavy atom. The van der Waals surface area contributed by atoms with E-state index in [0.717, 1.165) is 21.3 Å². The second-order valence-corrected chi connectivity index (χ2v) is 4.27. The SMILES string of the molecule is C.C=C/C=C(\C(=C)C)C(O)c1ccc(Br)nc1. The molecule has 0 radical (unpaired) electrons. The fourth-order valence-corrected chi connectivity index (χ4v) is 1.56. The van der Waals surface area contributed by atoms with Crippen molar-refractivity contribution in [2.45, 2.75) is 20.5 Å². The van der Waals surface area contributed by atoms with Crippen LogP contribution in [0.2, 0.25) is 0 Å². The molecule has 0 aliphatic carbocycles. The van der Waals surface area contributed by atoms with E-state index < -0.39 is 6.10 Å². The van der Waals surface area contributed by atoms with Crippen molar-refractivity contribution >= 4 is 15.9 Å². The van der Waals surface area contributed by atoms with E-state index in [1.54, 1.807) is 24.4 Å². The Morgan fingerprint density at radius 2 is 2.18 bits per heavy atom. The maximum Gasteiger partial charge on any atom is 0.106 e. The molecule has 1 heterocycles. The Labute approximate surface area is 112 Å². The highest BCUT2D eigenvalue weighted by Gasteiger charge is 2.13. The van der Waals surface area contributed by atoms with Gasteiger partial charge in [-0.2, -0.15) is 0 Å². The van der Waals surface area contributed by atoms with Gasteiger partial charge in [-0.15, -0.1) is 0 Å². The van der Waals surface area contributed by atoms with Gasteiger partial charge in [0.15, 0.2) is 0 Å². The van der Waals surface area contributed by atoms with Gasteiger partial charge in [0.2, 0.25) is 0 Å². The summed E-state index contributed by atoms with van der Waals surface area (Å²) < 4.78 is 0.744. The Morgan fingerprint density at radius 1 is 1.53 bits per heavy atom. The highest BCUT2D eigenvalue weighted by Crippen LogP contribution is 2.26. The van der Waals surface area contributed by atoms with Crippen LogP contribution in [0.1, 0.15) is 26.0 Å². The van der Waals surface area contributed by atoms with Crippen LogP contribution in [0.5, 0.6) is 0 Å². The molecule has 1 aromatic heterocycles. The lowest BCUT2D eigenvalue weighted by molar-refractivity contribution is 0.217. The summed E-state index contributed by atoms with van der Waals surface area (Å²) >= 11 is 3.25. The third-order valence-electron chi connectivity index (χ3n) is 2.15. The van der Waals surface area contributed by atoms with Crippen LogP contribution in [0.3, 0.4) is 0 Å². The van der Waals surface area contributed by atoms with E-state index in [0.29, 0.717) is 0 Å². The molecule has 2 nitrogen and oxygen atoms in total. The van der Waals surface area contributed by atoms with Gasteiger partial charge in [-0.3, -0.25) is 0 Å². The quantitative estimate of drug-likeness (QED) is 0.667. The summed E-state index contributed by atoms with van der Waals surface area (Å²) in [7, 11) is 0. The average Bonchev–Trinajstić information content (AvgIpc) is 2.25. The number of aliphatic hydroxyl groups excluding tert-OH is 1. The number of halogens is 1. The molecule has 0 fully saturated rings. The molecule has 0 spiro atoms. The van der Waals surface area contributed by atoms with Gasteiger partial charge in [0.25, 0.3) is 0 Å². The minimum atomic E-state index is -0.712. The monoisotopic (exact) mass is 295 g/mol. The molecule has 3 heteroatoms. The first-order valence-corrected chi connectivity index (χ1v) is 5.63. The van der Waals surface area contributed by atoms with Crippen LogP contribution in [0.15, 0.2) is 59.4 Å². The summed E-state index contributed by atoms with van der Waals surface area (Å²) in [6.07, 6.45) is 4.32. The number of aromatic nitrogens is 1. The molecule has 1 N–H and O–H groups in total. The minimum Gasteiger partial charge on any atom is -0.384 e. The van der Waals surface area contributed by atoms with Crippen molar-refractivity contribution in [1.82, 2.24) is 4.98 Å². The highest BCUT2D eigenvalue weighted by molar-refractivity contribution is 9.10. The van der Waals surface area contributed by atoms with Crippen molar-refractivity contribution in [1.29, 1.82) is 0 Å². The smallest absolute Gasteiger partial charge is 0.106 e. The second kappa shape index (κ2) is 7.20. The average molecular weight is 296 g/mol. The topological polar surface area (TPSA) is 33.1 Å². The van der Waals surface area contributed by atoms with E-state index in [1.165, 1.54) is 0 Å². The van der Waals surface area contributed by atoms with Crippen LogP contribution in [-0.2, 0) is 0 Å². The van der Waals surface area contributed by atoms with Crippen molar-refractivity contribution in [2.75, 3.05) is 0 Å². The van der Waals surface area contributed by atoms with Gasteiger partial charge in [-0.25, -0.2) is 4.98 Å². The van der Waals surface area contributed by atoms with Gasteiger partial charge in [0, 0.05) is 11.8 Å². The van der Waals surface area contributed by atoms with Crippen LogP contribution in [0.25, 0.3) is 0 Å². The van der Waals surface area contributed by atoms with Crippen molar-refractivity contribution in [3.63, 3.8) is 0 Å². The van der Waals surface area contributed by atoms with E-state index in [2.05, 4.69) is 34.1 Å². The standard InChI is InChI=1S/C13H14BrNO.CH4/c1-4-5-11(9(2)3)13(16)10-6-7-12(14)15-8-10;/h4-8,13,16H,1-2H2,3H3;1H4/b11-5+;. The molecular weight excluding hydrogens is 278 g/mol. The molecule has 0 saturated heterocycles. The number of hydrogen-bond donors (Lipinski definition) is 1. The minimum absolute atomic E-state index is 0.